The van der Waals surface area contributed by atoms with Gasteiger partial charge in [-0.15, -0.1) is 0 Å². The van der Waals surface area contributed by atoms with Crippen molar-refractivity contribution in [2.75, 3.05) is 0 Å². The van der Waals surface area contributed by atoms with Crippen LogP contribution in [0.2, 0.25) is 5.02 Å². The molecule has 1 aromatic carbocycles. The highest BCUT2D eigenvalue weighted by atomic mass is 35.5. The molecule has 0 aromatic heterocycles. The molecule has 0 radical (unpaired) electrons. The van der Waals surface area contributed by atoms with E-state index in [-0.39, 0.29) is 5.54 Å². The van der Waals surface area contributed by atoms with Crippen LogP contribution < -0.4 is 5.73 Å². The van der Waals surface area contributed by atoms with Crippen molar-refractivity contribution in [3.05, 3.63) is 34.9 Å². The van der Waals surface area contributed by atoms with Gasteiger partial charge in [-0.25, -0.2) is 0 Å². The average Bonchev–Trinajstić information content (AvgIpc) is 2.80. The quantitative estimate of drug-likeness (QED) is 0.796. The number of hydrogen-bond acceptors (Lipinski definition) is 1. The van der Waals surface area contributed by atoms with Crippen molar-refractivity contribution < 1.29 is 0 Å². The van der Waals surface area contributed by atoms with Gasteiger partial charge in [-0.2, -0.15) is 0 Å². The summed E-state index contributed by atoms with van der Waals surface area (Å²) in [6, 6.07) is 7.93. The molecule has 1 nitrogen and oxygen atoms in total. The van der Waals surface area contributed by atoms with Crippen LogP contribution in [0.5, 0.6) is 0 Å². The summed E-state index contributed by atoms with van der Waals surface area (Å²) >= 11 is 5.84. The molecule has 2 N–H and O–H groups in total. The molecule has 14 heavy (non-hydrogen) atoms. The Labute approximate surface area is 90.3 Å². The average molecular weight is 210 g/mol. The predicted octanol–water partition coefficient (Wildman–Crippen LogP) is 3.17. The van der Waals surface area contributed by atoms with E-state index in [1.807, 2.05) is 24.3 Å². The molecule has 0 amide bonds. The predicted molar refractivity (Wildman–Crippen MR) is 60.3 cm³/mol. The van der Waals surface area contributed by atoms with E-state index in [2.05, 4.69) is 13.8 Å². The van der Waals surface area contributed by atoms with Crippen molar-refractivity contribution in [1.29, 1.82) is 0 Å². The smallest absolute Gasteiger partial charge is 0.0445 e. The SMILES string of the molecule is CC(C)C1CC1(N)c1ccc(Cl)cc1. The van der Waals surface area contributed by atoms with E-state index in [1.54, 1.807) is 0 Å². The molecule has 2 atom stereocenters. The summed E-state index contributed by atoms with van der Waals surface area (Å²) in [6.45, 7) is 4.46. The minimum atomic E-state index is -0.0846. The second-order valence-electron chi connectivity index (χ2n) is 4.60. The minimum absolute atomic E-state index is 0.0846. The Kier molecular flexibility index (Phi) is 2.32. The maximum Gasteiger partial charge on any atom is 0.0445 e. The molecular formula is C12H16ClN. The van der Waals surface area contributed by atoms with Gasteiger partial charge in [0.25, 0.3) is 0 Å². The van der Waals surface area contributed by atoms with E-state index < -0.39 is 0 Å². The lowest BCUT2D eigenvalue weighted by atomic mass is 9.98. The standard InChI is InChI=1S/C12H16ClN/c1-8(2)11-7-12(11,14)9-3-5-10(13)6-4-9/h3-6,8,11H,7,14H2,1-2H3. The summed E-state index contributed by atoms with van der Waals surface area (Å²) in [5.74, 6) is 1.29. The highest BCUT2D eigenvalue weighted by Gasteiger charge is 2.53. The lowest BCUT2D eigenvalue weighted by Crippen LogP contribution is -2.23. The minimum Gasteiger partial charge on any atom is -0.321 e. The van der Waals surface area contributed by atoms with Gasteiger partial charge >= 0.3 is 0 Å². The van der Waals surface area contributed by atoms with E-state index in [4.69, 9.17) is 17.3 Å². The second-order valence-corrected chi connectivity index (χ2v) is 5.04. The second kappa shape index (κ2) is 3.25. The van der Waals surface area contributed by atoms with Crippen LogP contribution in [0.1, 0.15) is 25.8 Å². The first-order chi connectivity index (χ1) is 6.54. The number of hydrogen-bond donors (Lipinski definition) is 1. The van der Waals surface area contributed by atoms with Crippen molar-refractivity contribution >= 4 is 11.6 Å². The molecule has 1 fully saturated rings. The lowest BCUT2D eigenvalue weighted by molar-refractivity contribution is 0.488. The van der Waals surface area contributed by atoms with Crippen molar-refractivity contribution in [2.45, 2.75) is 25.8 Å². The Hall–Kier alpha value is -0.530. The van der Waals surface area contributed by atoms with Crippen LogP contribution in [-0.2, 0) is 5.54 Å². The van der Waals surface area contributed by atoms with Gasteiger partial charge in [0.05, 0.1) is 0 Å². The maximum absolute atomic E-state index is 6.32. The van der Waals surface area contributed by atoms with Crippen LogP contribution >= 0.6 is 11.6 Å². The summed E-state index contributed by atoms with van der Waals surface area (Å²) in [5, 5.41) is 0.777. The van der Waals surface area contributed by atoms with Gasteiger partial charge in [0, 0.05) is 10.6 Å². The Morgan fingerprint density at radius 1 is 1.36 bits per heavy atom. The molecular weight excluding hydrogens is 194 g/mol. The number of rotatable bonds is 2. The van der Waals surface area contributed by atoms with Crippen molar-refractivity contribution in [2.24, 2.45) is 17.6 Å². The molecule has 0 saturated heterocycles. The molecule has 0 spiro atoms. The first-order valence-electron chi connectivity index (χ1n) is 5.09. The third kappa shape index (κ3) is 1.55. The van der Waals surface area contributed by atoms with Gasteiger partial charge in [-0.05, 0) is 36.0 Å². The van der Waals surface area contributed by atoms with Crippen LogP contribution in [0.3, 0.4) is 0 Å². The molecule has 2 unspecified atom stereocenters. The third-order valence-electron chi connectivity index (χ3n) is 3.25. The van der Waals surface area contributed by atoms with Gasteiger partial charge in [0.1, 0.15) is 0 Å². The Morgan fingerprint density at radius 2 is 1.93 bits per heavy atom. The van der Waals surface area contributed by atoms with E-state index in [0.717, 1.165) is 11.4 Å². The third-order valence-corrected chi connectivity index (χ3v) is 3.50. The summed E-state index contributed by atoms with van der Waals surface area (Å²) < 4.78 is 0. The molecule has 1 aromatic rings. The molecule has 1 aliphatic carbocycles. The fourth-order valence-electron chi connectivity index (χ4n) is 2.23. The first-order valence-corrected chi connectivity index (χ1v) is 5.47. The Morgan fingerprint density at radius 3 is 2.36 bits per heavy atom. The lowest BCUT2D eigenvalue weighted by Gasteiger charge is -2.14. The molecule has 1 saturated carbocycles. The van der Waals surface area contributed by atoms with Crippen LogP contribution in [0.25, 0.3) is 0 Å². The highest BCUT2D eigenvalue weighted by Crippen LogP contribution is 2.53. The topological polar surface area (TPSA) is 26.0 Å². The molecule has 0 bridgehead atoms. The maximum atomic E-state index is 6.32. The number of benzene rings is 1. The van der Waals surface area contributed by atoms with Gasteiger partial charge in [0.2, 0.25) is 0 Å². The van der Waals surface area contributed by atoms with E-state index in [0.29, 0.717) is 11.8 Å². The van der Waals surface area contributed by atoms with E-state index >= 15 is 0 Å². The fourth-order valence-corrected chi connectivity index (χ4v) is 2.35. The summed E-state index contributed by atoms with van der Waals surface area (Å²) in [4.78, 5) is 0. The van der Waals surface area contributed by atoms with Crippen molar-refractivity contribution in [3.63, 3.8) is 0 Å². The zero-order valence-corrected chi connectivity index (χ0v) is 9.38. The Balaban J connectivity index is 2.21. The van der Waals surface area contributed by atoms with Gasteiger partial charge in [0.15, 0.2) is 0 Å². The number of nitrogens with two attached hydrogens (primary N) is 1. The summed E-state index contributed by atoms with van der Waals surface area (Å²) in [5.41, 5.74) is 7.46. The zero-order valence-electron chi connectivity index (χ0n) is 8.63. The van der Waals surface area contributed by atoms with Gasteiger partial charge in [-0.1, -0.05) is 37.6 Å². The molecule has 1 aliphatic rings. The van der Waals surface area contributed by atoms with Crippen LogP contribution in [0, 0.1) is 11.8 Å². The van der Waals surface area contributed by atoms with Crippen LogP contribution in [-0.4, -0.2) is 0 Å². The first kappa shape index (κ1) is 10.0. The molecule has 0 heterocycles. The van der Waals surface area contributed by atoms with Gasteiger partial charge < -0.3 is 5.73 Å². The van der Waals surface area contributed by atoms with Crippen molar-refractivity contribution in [3.8, 4) is 0 Å². The van der Waals surface area contributed by atoms with Crippen LogP contribution in [0.4, 0.5) is 0 Å². The fraction of sp³-hybridized carbons (Fsp3) is 0.500. The Bertz CT molecular complexity index is 331. The molecule has 76 valence electrons. The largest absolute Gasteiger partial charge is 0.321 e. The molecule has 0 aliphatic heterocycles. The number of halogens is 1. The monoisotopic (exact) mass is 209 g/mol. The molecule has 2 heteroatoms. The zero-order chi connectivity index (χ0) is 10.3. The molecule has 2 rings (SSSR count). The normalized spacial score (nSPS) is 30.8. The van der Waals surface area contributed by atoms with Crippen LogP contribution in [0.15, 0.2) is 24.3 Å². The highest BCUT2D eigenvalue weighted by molar-refractivity contribution is 6.30. The van der Waals surface area contributed by atoms with E-state index in [1.165, 1.54) is 5.56 Å². The summed E-state index contributed by atoms with van der Waals surface area (Å²) in [7, 11) is 0. The van der Waals surface area contributed by atoms with E-state index in [9.17, 15) is 0 Å². The summed E-state index contributed by atoms with van der Waals surface area (Å²) in [6.07, 6.45) is 1.10. The van der Waals surface area contributed by atoms with Gasteiger partial charge in [-0.3, -0.25) is 0 Å². The van der Waals surface area contributed by atoms with Crippen molar-refractivity contribution in [1.82, 2.24) is 0 Å².